The van der Waals surface area contributed by atoms with Gasteiger partial charge in [0.1, 0.15) is 15.2 Å². The van der Waals surface area contributed by atoms with E-state index in [-0.39, 0.29) is 11.9 Å². The van der Waals surface area contributed by atoms with E-state index < -0.39 is 0 Å². The normalized spacial score (nSPS) is 24.1. The Morgan fingerprint density at radius 1 is 1.17 bits per heavy atom. The van der Waals surface area contributed by atoms with Crippen molar-refractivity contribution in [3.63, 3.8) is 0 Å². The minimum Gasteiger partial charge on any atom is -0.348 e. The van der Waals surface area contributed by atoms with E-state index >= 15 is 0 Å². The van der Waals surface area contributed by atoms with Gasteiger partial charge in [0.15, 0.2) is 0 Å². The molecule has 2 unspecified atom stereocenters. The highest BCUT2D eigenvalue weighted by atomic mass is 32.2. The number of nitrogens with zero attached hydrogens (tertiary/aromatic N) is 3. The van der Waals surface area contributed by atoms with E-state index in [4.69, 9.17) is 0 Å². The fourth-order valence-corrected chi connectivity index (χ4v) is 6.80. The van der Waals surface area contributed by atoms with Crippen molar-refractivity contribution in [2.24, 2.45) is 0 Å². The van der Waals surface area contributed by atoms with Crippen molar-refractivity contribution in [2.45, 2.75) is 55.2 Å². The van der Waals surface area contributed by atoms with Gasteiger partial charge in [-0.05, 0) is 37.5 Å². The standard InChI is InChI=1S/C22H24N4OS2/c1-28-19-18-22(24-10-9-23-18)29-20(19)21(27)25-15-11-16-7-8-17(12-15)26(16)13-14-5-3-2-4-6-14/h2-6,9-10,15-17H,7-8,11-13H2,1H3,(H,25,27). The number of hydrogen-bond acceptors (Lipinski definition) is 6. The van der Waals surface area contributed by atoms with Gasteiger partial charge in [0.2, 0.25) is 0 Å². The molecule has 1 aromatic carbocycles. The number of piperidine rings is 1. The third-order valence-electron chi connectivity index (χ3n) is 6.12. The first-order valence-corrected chi connectivity index (χ1v) is 12.1. The van der Waals surface area contributed by atoms with Gasteiger partial charge in [0.25, 0.3) is 5.91 Å². The molecule has 2 aliphatic rings. The van der Waals surface area contributed by atoms with Crippen LogP contribution in [-0.4, -0.2) is 45.2 Å². The minimum atomic E-state index is 0.0278. The van der Waals surface area contributed by atoms with E-state index in [2.05, 4.69) is 50.5 Å². The van der Waals surface area contributed by atoms with Crippen LogP contribution in [0.15, 0.2) is 47.6 Å². The smallest absolute Gasteiger partial charge is 0.262 e. The summed E-state index contributed by atoms with van der Waals surface area (Å²) in [5.74, 6) is 0.0278. The van der Waals surface area contributed by atoms with Gasteiger partial charge < -0.3 is 5.32 Å². The van der Waals surface area contributed by atoms with Crippen LogP contribution in [0.5, 0.6) is 0 Å². The summed E-state index contributed by atoms with van der Waals surface area (Å²) in [6, 6.07) is 12.1. The quantitative estimate of drug-likeness (QED) is 0.618. The Morgan fingerprint density at radius 3 is 2.62 bits per heavy atom. The summed E-state index contributed by atoms with van der Waals surface area (Å²) in [7, 11) is 0. The first-order chi connectivity index (χ1) is 14.2. The van der Waals surface area contributed by atoms with Crippen molar-refractivity contribution < 1.29 is 4.79 Å². The molecule has 1 N–H and O–H groups in total. The van der Waals surface area contributed by atoms with Gasteiger partial charge in [0, 0.05) is 37.1 Å². The number of benzene rings is 1. The highest BCUT2D eigenvalue weighted by molar-refractivity contribution is 7.99. The maximum atomic E-state index is 13.1. The molecule has 2 fully saturated rings. The van der Waals surface area contributed by atoms with E-state index in [1.807, 2.05) is 6.26 Å². The Bertz CT molecular complexity index is 1010. The lowest BCUT2D eigenvalue weighted by molar-refractivity contribution is 0.0829. The molecule has 150 valence electrons. The molecule has 3 aromatic rings. The summed E-state index contributed by atoms with van der Waals surface area (Å²) in [4.78, 5) is 27.1. The maximum absolute atomic E-state index is 13.1. The SMILES string of the molecule is CSc1c(C(=O)NC2CC3CCC(C2)N3Cc2ccccc2)sc2nccnc12. The third kappa shape index (κ3) is 3.67. The van der Waals surface area contributed by atoms with Gasteiger partial charge in [-0.15, -0.1) is 23.1 Å². The number of carbonyl (C=O) groups is 1. The highest BCUT2D eigenvalue weighted by Gasteiger charge is 2.41. The largest absolute Gasteiger partial charge is 0.348 e. The van der Waals surface area contributed by atoms with Crippen molar-refractivity contribution in [1.82, 2.24) is 20.2 Å². The van der Waals surface area contributed by atoms with Gasteiger partial charge in [0.05, 0.1) is 4.90 Å². The van der Waals surface area contributed by atoms with Gasteiger partial charge >= 0.3 is 0 Å². The van der Waals surface area contributed by atoms with Crippen LogP contribution in [0.1, 0.15) is 40.9 Å². The predicted octanol–water partition coefficient (Wildman–Crippen LogP) is 4.34. The average Bonchev–Trinajstić information content (AvgIpc) is 3.22. The molecule has 0 saturated carbocycles. The van der Waals surface area contributed by atoms with Gasteiger partial charge in [-0.2, -0.15) is 0 Å². The van der Waals surface area contributed by atoms with Crippen LogP contribution in [0.2, 0.25) is 0 Å². The van der Waals surface area contributed by atoms with Crippen molar-refractivity contribution in [3.8, 4) is 0 Å². The molecule has 0 aliphatic carbocycles. The van der Waals surface area contributed by atoms with Crippen molar-refractivity contribution in [1.29, 1.82) is 0 Å². The van der Waals surface area contributed by atoms with E-state index in [1.165, 1.54) is 29.7 Å². The molecule has 5 rings (SSSR count). The monoisotopic (exact) mass is 424 g/mol. The van der Waals surface area contributed by atoms with Gasteiger partial charge in [-0.1, -0.05) is 30.3 Å². The Kier molecular flexibility index (Phi) is 5.28. The summed E-state index contributed by atoms with van der Waals surface area (Å²) in [5, 5.41) is 3.33. The Morgan fingerprint density at radius 2 is 1.90 bits per heavy atom. The minimum absolute atomic E-state index is 0.0278. The highest BCUT2D eigenvalue weighted by Crippen LogP contribution is 2.38. The van der Waals surface area contributed by atoms with E-state index in [0.717, 1.165) is 39.5 Å². The lowest BCUT2D eigenvalue weighted by atomic mass is 9.96. The van der Waals surface area contributed by atoms with Crippen LogP contribution >= 0.6 is 23.1 Å². The van der Waals surface area contributed by atoms with Gasteiger partial charge in [-0.25, -0.2) is 4.98 Å². The molecule has 2 saturated heterocycles. The molecule has 1 amide bonds. The van der Waals surface area contributed by atoms with Gasteiger partial charge in [-0.3, -0.25) is 14.7 Å². The lowest BCUT2D eigenvalue weighted by Crippen LogP contribution is -2.49. The van der Waals surface area contributed by atoms with Crippen molar-refractivity contribution >= 4 is 39.4 Å². The number of fused-ring (bicyclic) bond motifs is 3. The number of aromatic nitrogens is 2. The fraction of sp³-hybridized carbons (Fsp3) is 0.409. The maximum Gasteiger partial charge on any atom is 0.262 e. The van der Waals surface area contributed by atoms with Crippen LogP contribution in [0.3, 0.4) is 0 Å². The predicted molar refractivity (Wildman–Crippen MR) is 118 cm³/mol. The first-order valence-electron chi connectivity index (χ1n) is 10.1. The Balaban J connectivity index is 1.29. The number of hydrogen-bond donors (Lipinski definition) is 1. The van der Waals surface area contributed by atoms with Crippen LogP contribution in [0.25, 0.3) is 10.3 Å². The topological polar surface area (TPSA) is 58.1 Å². The molecule has 29 heavy (non-hydrogen) atoms. The first kappa shape index (κ1) is 19.0. The zero-order valence-corrected chi connectivity index (χ0v) is 18.0. The van der Waals surface area contributed by atoms with Crippen LogP contribution in [0.4, 0.5) is 0 Å². The van der Waals surface area contributed by atoms with Crippen molar-refractivity contribution in [3.05, 3.63) is 53.2 Å². The number of thiophene rings is 1. The zero-order chi connectivity index (χ0) is 19.8. The molecule has 2 aromatic heterocycles. The summed E-state index contributed by atoms with van der Waals surface area (Å²) in [6.45, 7) is 1.01. The second-order valence-corrected chi connectivity index (χ2v) is 9.67. The van der Waals surface area contributed by atoms with E-state index in [0.29, 0.717) is 12.1 Å². The van der Waals surface area contributed by atoms with Crippen LogP contribution < -0.4 is 5.32 Å². The zero-order valence-electron chi connectivity index (χ0n) is 16.4. The molecule has 0 radical (unpaired) electrons. The summed E-state index contributed by atoms with van der Waals surface area (Å²) in [5.41, 5.74) is 2.22. The Hall–Kier alpha value is -1.96. The summed E-state index contributed by atoms with van der Waals surface area (Å²) in [6.07, 6.45) is 9.90. The molecule has 7 heteroatoms. The number of rotatable bonds is 5. The third-order valence-corrected chi connectivity index (χ3v) is 8.14. The second kappa shape index (κ2) is 8.05. The summed E-state index contributed by atoms with van der Waals surface area (Å²) >= 11 is 3.02. The molecule has 2 atom stereocenters. The van der Waals surface area contributed by atoms with E-state index in [1.54, 1.807) is 24.2 Å². The number of carbonyl (C=O) groups excluding carboxylic acids is 1. The molecule has 4 heterocycles. The Labute approximate surface area is 178 Å². The fourth-order valence-electron chi connectivity index (χ4n) is 4.84. The molecule has 0 spiro atoms. The van der Waals surface area contributed by atoms with Crippen LogP contribution in [-0.2, 0) is 6.54 Å². The molecular weight excluding hydrogens is 400 g/mol. The average molecular weight is 425 g/mol. The number of amides is 1. The van der Waals surface area contributed by atoms with Crippen molar-refractivity contribution in [2.75, 3.05) is 6.26 Å². The second-order valence-electron chi connectivity index (χ2n) is 7.86. The molecular formula is C22H24N4OS2. The number of nitrogens with one attached hydrogen (secondary N) is 1. The molecule has 2 bridgehead atoms. The lowest BCUT2D eigenvalue weighted by Gasteiger charge is -2.39. The molecule has 5 nitrogen and oxygen atoms in total. The van der Waals surface area contributed by atoms with E-state index in [9.17, 15) is 4.79 Å². The van der Waals surface area contributed by atoms with Crippen LogP contribution in [0, 0.1) is 0 Å². The molecule has 2 aliphatic heterocycles. The number of thioether (sulfide) groups is 1. The summed E-state index contributed by atoms with van der Waals surface area (Å²) < 4.78 is 0.